The van der Waals surface area contributed by atoms with Crippen LogP contribution in [-0.2, 0) is 91.4 Å². The first kappa shape index (κ1) is 83.3. The first-order chi connectivity index (χ1) is 50.7. The molecule has 30 nitrogen and oxygen atoms in total. The highest BCUT2D eigenvalue weighted by atomic mass is 33.1. The van der Waals surface area contributed by atoms with E-state index in [2.05, 4.69) is 63.5 Å². The number of phenolic OH excluding ortho intramolecular Hbond substituents is 1. The number of aliphatic hydroxyl groups is 3. The highest BCUT2D eigenvalue weighted by Crippen LogP contribution is 2.24. The molecule has 1 aromatic heterocycles. The summed E-state index contributed by atoms with van der Waals surface area (Å²) in [6.07, 6.45) is -2.28. The fourth-order valence-electron chi connectivity index (χ4n) is 11.4. The van der Waals surface area contributed by atoms with Crippen molar-refractivity contribution in [1.29, 1.82) is 0 Å². The van der Waals surface area contributed by atoms with Crippen molar-refractivity contribution in [2.75, 3.05) is 24.7 Å². The average Bonchev–Trinajstić information content (AvgIpc) is 1.64. The van der Waals surface area contributed by atoms with Crippen molar-refractivity contribution < 1.29 is 78.3 Å². The minimum atomic E-state index is -1.95. The molecule has 106 heavy (non-hydrogen) atoms. The number of amides is 10. The summed E-state index contributed by atoms with van der Waals surface area (Å²) in [7, 11) is 1.81. The minimum Gasteiger partial charge on any atom is -0.508 e. The number of carboxylic acid groups (broad SMARTS) is 1. The van der Waals surface area contributed by atoms with Crippen LogP contribution in [0.25, 0.3) is 10.9 Å². The summed E-state index contributed by atoms with van der Waals surface area (Å²) in [4.78, 5) is 163. The number of aromatic amines is 1. The number of carbonyl (C=O) groups excluding carboxylic acids is 10. The third-order valence-corrected chi connectivity index (χ3v) is 19.9. The molecule has 6 aromatic rings. The number of nitrogens with one attached hydrogen (secondary N) is 12. The minimum absolute atomic E-state index is 0.0234. The van der Waals surface area contributed by atoms with Crippen molar-refractivity contribution in [2.45, 2.75) is 170 Å². The van der Waals surface area contributed by atoms with Gasteiger partial charge in [-0.25, -0.2) is 4.79 Å². The van der Waals surface area contributed by atoms with Crippen LogP contribution >= 0.6 is 21.6 Å². The molecule has 5 unspecified atom stereocenters. The number of benzene rings is 5. The van der Waals surface area contributed by atoms with Crippen molar-refractivity contribution in [3.8, 4) is 5.75 Å². The maximum absolute atomic E-state index is 15.5. The maximum atomic E-state index is 15.5. The van der Waals surface area contributed by atoms with E-state index in [1.165, 1.54) is 31.2 Å². The summed E-state index contributed by atoms with van der Waals surface area (Å²) in [5.74, 6) is -12.4. The van der Waals surface area contributed by atoms with Crippen molar-refractivity contribution in [3.05, 3.63) is 173 Å². The first-order valence-corrected chi connectivity index (χ1v) is 37.3. The number of phenols is 1. The van der Waals surface area contributed by atoms with Crippen LogP contribution in [0.15, 0.2) is 140 Å². The van der Waals surface area contributed by atoms with Crippen LogP contribution in [0.5, 0.6) is 5.75 Å². The van der Waals surface area contributed by atoms with E-state index in [1.807, 2.05) is 26.0 Å². The second-order valence-corrected chi connectivity index (χ2v) is 28.8. The van der Waals surface area contributed by atoms with Crippen molar-refractivity contribution in [3.63, 3.8) is 0 Å². The Morgan fingerprint density at radius 1 is 0.472 bits per heavy atom. The normalized spacial score (nSPS) is 23.7. The van der Waals surface area contributed by atoms with Gasteiger partial charge in [0, 0.05) is 73.3 Å². The van der Waals surface area contributed by atoms with Gasteiger partial charge in [0.05, 0.1) is 24.9 Å². The summed E-state index contributed by atoms with van der Waals surface area (Å²) in [5.41, 5.74) is 16.3. The van der Waals surface area contributed by atoms with Gasteiger partial charge in [0.1, 0.15) is 66.2 Å². The highest BCUT2D eigenvalue weighted by Gasteiger charge is 2.39. The van der Waals surface area contributed by atoms with E-state index in [0.29, 0.717) is 58.1 Å². The van der Waals surface area contributed by atoms with E-state index in [9.17, 15) is 59.1 Å². The van der Waals surface area contributed by atoms with Crippen molar-refractivity contribution in [2.24, 2.45) is 11.5 Å². The van der Waals surface area contributed by atoms with Crippen LogP contribution in [0.3, 0.4) is 0 Å². The molecule has 32 heteroatoms. The standard InChI is InChI=1S/C74H96N14O16S2/c1-41(2)77-36-48-24-22-46(23-25-48)33-57-69(98)87-62(42(3)90)72(101)84-58(34-47-26-28-50(92)29-27-47)70(99)88-63(43(4)91)73(102)85-60(38-89)71(100)86-61(74(103)104)40-106-105-39-52(76)64(93)79-54(21-13-14-30-75)65(94)80-55(31-44-15-7-5-8-16-44)66(95)81-56(32-45-17-9-6-10-18-45)67(96)83-59(68(97)82-57)35-49-37-78-53-20-12-11-19-51(49)53/h5-12,15-20,22-29,37,41-43,52,54-63,77-78,89-92H,13-14,21,30-36,38-40,75-76H2,1-4H3,(H,79,93)(H,80,94)(H,81,95)(H,82,97)(H,83,96)(H,84,101)(H,85,102)(H,86,100)(H,87,98)(H,88,99)(H,103,104)/t42-,43-,52-,54+,55?,56+,57?,58+,59?,60+,61+,62?,63?/m1/s1. The largest absolute Gasteiger partial charge is 0.508 e. The number of unbranched alkanes of at least 4 members (excludes halogenated alkanes) is 1. The lowest BCUT2D eigenvalue weighted by Crippen LogP contribution is -2.63. The Balaban J connectivity index is 1.32. The number of hydrogen-bond acceptors (Lipinski definition) is 20. The molecule has 0 aliphatic carbocycles. The second-order valence-electron chi connectivity index (χ2n) is 26.3. The monoisotopic (exact) mass is 1500 g/mol. The molecule has 1 saturated heterocycles. The van der Waals surface area contributed by atoms with Gasteiger partial charge >= 0.3 is 5.97 Å². The van der Waals surface area contributed by atoms with Gasteiger partial charge in [-0.3, -0.25) is 47.9 Å². The molecule has 0 spiro atoms. The molecule has 1 aliphatic rings. The average molecular weight is 1500 g/mol. The Morgan fingerprint density at radius 2 is 0.868 bits per heavy atom. The maximum Gasteiger partial charge on any atom is 0.327 e. The SMILES string of the molecule is CC(C)NCc1ccc(CC2NC(=O)C(Cc3c[nH]c4ccccc34)NC(=O)[C@H](Cc3ccccc3)NC(=O)C(Cc3ccccc3)NC(=O)[C@H](CCCCN)NC(=O)[C@H](N)CSSC[C@@H](C(=O)O)NC(=O)[C@H](CO)NC(=O)C([C@@H](C)O)NC(=O)[C@H](Cc3ccc(O)cc3)NC(=O)C([C@@H](C)O)NC2=O)cc1. The Kier molecular flexibility index (Phi) is 32.8. The number of aromatic nitrogens is 1. The van der Waals surface area contributed by atoms with Gasteiger partial charge in [-0.05, 0) is 91.2 Å². The number of H-pyrrole nitrogens is 1. The Bertz CT molecular complexity index is 3930. The molecule has 21 N–H and O–H groups in total. The van der Waals surface area contributed by atoms with Gasteiger partial charge < -0.3 is 100 Å². The molecule has 1 aliphatic heterocycles. The molecule has 570 valence electrons. The highest BCUT2D eigenvalue weighted by molar-refractivity contribution is 8.76. The number of aliphatic carboxylic acids is 1. The summed E-state index contributed by atoms with van der Waals surface area (Å²) < 4.78 is 0. The van der Waals surface area contributed by atoms with Gasteiger partial charge in [0.25, 0.3) is 0 Å². The Labute approximate surface area is 621 Å². The fourth-order valence-corrected chi connectivity index (χ4v) is 13.7. The number of rotatable bonds is 21. The molecule has 0 saturated carbocycles. The second kappa shape index (κ2) is 41.7. The molecule has 2 heterocycles. The summed E-state index contributed by atoms with van der Waals surface area (Å²) in [5, 5.41) is 83.0. The molecule has 1 fully saturated rings. The third-order valence-electron chi connectivity index (χ3n) is 17.4. The van der Waals surface area contributed by atoms with Gasteiger partial charge in [0.2, 0.25) is 59.1 Å². The van der Waals surface area contributed by atoms with E-state index >= 15 is 19.2 Å². The summed E-state index contributed by atoms with van der Waals surface area (Å²) in [6.45, 7) is 5.82. The summed E-state index contributed by atoms with van der Waals surface area (Å²) in [6, 6.07) is 19.1. The number of aliphatic hydroxyl groups excluding tert-OH is 3. The number of aromatic hydroxyl groups is 1. The molecule has 13 atom stereocenters. The lowest BCUT2D eigenvalue weighted by atomic mass is 9.99. The van der Waals surface area contributed by atoms with E-state index in [0.717, 1.165) is 34.1 Å². The molecular formula is C74H96N14O16S2. The first-order valence-electron chi connectivity index (χ1n) is 34.9. The van der Waals surface area contributed by atoms with E-state index in [-0.39, 0.29) is 61.9 Å². The van der Waals surface area contributed by atoms with Crippen LogP contribution in [-0.4, -0.2) is 205 Å². The van der Waals surface area contributed by atoms with E-state index < -0.39 is 157 Å². The zero-order chi connectivity index (χ0) is 77.0. The number of carboxylic acids is 1. The quantitative estimate of drug-likeness (QED) is 0.0317. The number of carbonyl (C=O) groups is 11. The van der Waals surface area contributed by atoms with E-state index in [1.54, 1.807) is 103 Å². The van der Waals surface area contributed by atoms with Crippen molar-refractivity contribution in [1.82, 2.24) is 63.5 Å². The number of nitrogens with two attached hydrogens (primary N) is 2. The molecule has 10 amide bonds. The van der Waals surface area contributed by atoms with E-state index in [4.69, 9.17) is 11.5 Å². The number of hydrogen-bond donors (Lipinski definition) is 19. The topological polar surface area (TPSA) is 489 Å². The predicted octanol–water partition coefficient (Wildman–Crippen LogP) is -0.577. The smallest absolute Gasteiger partial charge is 0.327 e. The van der Waals surface area contributed by atoms with Crippen LogP contribution < -0.4 is 70.0 Å². The third kappa shape index (κ3) is 26.0. The van der Waals surface area contributed by atoms with Gasteiger partial charge in [-0.2, -0.15) is 0 Å². The van der Waals surface area contributed by atoms with Crippen molar-refractivity contribution >= 4 is 97.5 Å². The van der Waals surface area contributed by atoms with Gasteiger partial charge in [-0.15, -0.1) is 0 Å². The van der Waals surface area contributed by atoms with Crippen LogP contribution in [0.1, 0.15) is 80.3 Å². The lowest BCUT2D eigenvalue weighted by Gasteiger charge is -2.29. The van der Waals surface area contributed by atoms with Crippen LogP contribution in [0, 0.1) is 0 Å². The molecular weight excluding hydrogens is 1410 g/mol. The fraction of sp³-hybridized carbons (Fsp3) is 0.419. The Hall–Kier alpha value is -9.93. The summed E-state index contributed by atoms with van der Waals surface area (Å²) >= 11 is 0. The lowest BCUT2D eigenvalue weighted by molar-refractivity contribution is -0.142. The predicted molar refractivity (Wildman–Crippen MR) is 399 cm³/mol. The molecule has 0 radical (unpaired) electrons. The molecule has 5 aromatic carbocycles. The zero-order valence-corrected chi connectivity index (χ0v) is 60.9. The molecule has 0 bridgehead atoms. The zero-order valence-electron chi connectivity index (χ0n) is 59.3. The van der Waals surface area contributed by atoms with Gasteiger partial charge in [0.15, 0.2) is 0 Å². The molecule has 7 rings (SSSR count). The Morgan fingerprint density at radius 3 is 1.34 bits per heavy atom. The van der Waals surface area contributed by atoms with Gasteiger partial charge in [-0.1, -0.05) is 151 Å². The number of para-hydroxylation sites is 1. The number of fused-ring (bicyclic) bond motifs is 1. The van der Waals surface area contributed by atoms with Crippen LogP contribution in [0.4, 0.5) is 0 Å². The van der Waals surface area contributed by atoms with Crippen LogP contribution in [0.2, 0.25) is 0 Å².